The van der Waals surface area contributed by atoms with Gasteiger partial charge >= 0.3 is 11.9 Å². The molecule has 368 valence electrons. The quantitative estimate of drug-likeness (QED) is 0.0372. The molecule has 1 fully saturated rings. The minimum Gasteiger partial charge on any atom is -0.466 e. The van der Waals surface area contributed by atoms with Crippen molar-refractivity contribution >= 4 is 18.3 Å². The van der Waals surface area contributed by atoms with Gasteiger partial charge in [-0.1, -0.05) is 207 Å². The summed E-state index contributed by atoms with van der Waals surface area (Å²) in [5.74, 6) is 1.65. The number of hydrogen-bond acceptors (Lipinski definition) is 6. The first-order valence-corrected chi connectivity index (χ1v) is 27.7. The third-order valence-corrected chi connectivity index (χ3v) is 13.2. The summed E-state index contributed by atoms with van der Waals surface area (Å²) in [4.78, 5) is 36.7. The van der Waals surface area contributed by atoms with E-state index in [1.54, 1.807) is 0 Å². The van der Waals surface area contributed by atoms with Gasteiger partial charge in [0, 0.05) is 19.4 Å². The summed E-state index contributed by atoms with van der Waals surface area (Å²) >= 11 is 0. The average molecular weight is 877 g/mol. The normalized spacial score (nSPS) is 12.8. The van der Waals surface area contributed by atoms with Crippen LogP contribution in [0.25, 0.3) is 0 Å². The third-order valence-electron chi connectivity index (χ3n) is 13.2. The van der Waals surface area contributed by atoms with Crippen LogP contribution in [0.15, 0.2) is 0 Å². The van der Waals surface area contributed by atoms with Crippen LogP contribution in [0.3, 0.4) is 0 Å². The summed E-state index contributed by atoms with van der Waals surface area (Å²) < 4.78 is 11.0. The second kappa shape index (κ2) is 50.4. The van der Waals surface area contributed by atoms with Crippen molar-refractivity contribution in [2.45, 2.75) is 285 Å². The predicted molar refractivity (Wildman–Crippen MR) is 267 cm³/mol. The number of nitrogens with zero attached hydrogens (tertiary/aromatic N) is 1. The lowest BCUT2D eigenvalue weighted by Gasteiger charge is -2.17. The molecule has 0 saturated carbocycles. The van der Waals surface area contributed by atoms with Gasteiger partial charge in [0.2, 0.25) is 6.41 Å². The standard InChI is InChI=1S/C30H59NO2.C25H49NO3/c1-3-5-7-14-21-29(22-15-8-6-4-2)23-20-28-33-30(32)24-16-12-10-9-11-13-17-25-31-26-18-19-27-31;1-3-5-7-12-17-24(18-13-8-6-4-2)19-16-22-29-25(28)20-14-10-9-11-15-21-26-23-27/h29H,3-28H2,1-2H3;23-24H,3-22H2,1-2H3,(H,26,27). The van der Waals surface area contributed by atoms with Gasteiger partial charge in [-0.2, -0.15) is 0 Å². The van der Waals surface area contributed by atoms with Crippen LogP contribution in [0.4, 0.5) is 0 Å². The van der Waals surface area contributed by atoms with Crippen LogP contribution < -0.4 is 5.32 Å². The molecular weight excluding hydrogens is 769 g/mol. The molecule has 0 radical (unpaired) electrons. The van der Waals surface area contributed by atoms with E-state index in [1.165, 1.54) is 212 Å². The van der Waals surface area contributed by atoms with Crippen LogP contribution in [0.1, 0.15) is 285 Å². The number of esters is 2. The van der Waals surface area contributed by atoms with Crippen molar-refractivity contribution in [3.05, 3.63) is 0 Å². The smallest absolute Gasteiger partial charge is 0.305 e. The molecule has 62 heavy (non-hydrogen) atoms. The number of nitrogens with one attached hydrogen (secondary N) is 1. The van der Waals surface area contributed by atoms with Gasteiger partial charge in [-0.3, -0.25) is 14.4 Å². The van der Waals surface area contributed by atoms with Gasteiger partial charge in [-0.15, -0.1) is 0 Å². The molecule has 1 heterocycles. The molecule has 1 rings (SSSR count). The molecule has 1 amide bonds. The van der Waals surface area contributed by atoms with E-state index in [-0.39, 0.29) is 11.9 Å². The van der Waals surface area contributed by atoms with Crippen molar-refractivity contribution in [2.75, 3.05) is 39.4 Å². The fraction of sp³-hybridized carbons (Fsp3) is 0.945. The highest BCUT2D eigenvalue weighted by Gasteiger charge is 2.12. The predicted octanol–water partition coefficient (Wildman–Crippen LogP) is 16.0. The SMILES string of the molecule is CCCCCCC(CCCCCC)CCCOC(=O)CCCCCCCCCN1CCCC1.CCCCCCC(CCCCCC)CCCOC(=O)CCCCCCCNC=O. The maximum Gasteiger partial charge on any atom is 0.305 e. The lowest BCUT2D eigenvalue weighted by molar-refractivity contribution is -0.144. The summed E-state index contributed by atoms with van der Waals surface area (Å²) in [6.07, 6.45) is 50.4. The van der Waals surface area contributed by atoms with Gasteiger partial charge in [-0.25, -0.2) is 0 Å². The van der Waals surface area contributed by atoms with Crippen LogP contribution in [0.5, 0.6) is 0 Å². The van der Waals surface area contributed by atoms with Gasteiger partial charge in [-0.05, 0) is 95.7 Å². The van der Waals surface area contributed by atoms with E-state index >= 15 is 0 Å². The Hall–Kier alpha value is -1.63. The minimum atomic E-state index is -0.0323. The number of carbonyl (C=O) groups excluding carboxylic acids is 3. The lowest BCUT2D eigenvalue weighted by Crippen LogP contribution is -2.20. The third kappa shape index (κ3) is 45.0. The van der Waals surface area contributed by atoms with E-state index < -0.39 is 0 Å². The zero-order valence-electron chi connectivity index (χ0n) is 42.2. The molecule has 1 aliphatic rings. The van der Waals surface area contributed by atoms with Crippen molar-refractivity contribution in [2.24, 2.45) is 11.8 Å². The molecule has 1 N–H and O–H groups in total. The monoisotopic (exact) mass is 877 g/mol. The van der Waals surface area contributed by atoms with Gasteiger partial charge in [0.25, 0.3) is 0 Å². The zero-order valence-corrected chi connectivity index (χ0v) is 42.2. The Kier molecular flexibility index (Phi) is 49.0. The Morgan fingerprint density at radius 3 is 1.18 bits per heavy atom. The van der Waals surface area contributed by atoms with Crippen LogP contribution in [0, 0.1) is 11.8 Å². The van der Waals surface area contributed by atoms with Crippen LogP contribution in [0.2, 0.25) is 0 Å². The van der Waals surface area contributed by atoms with Crippen molar-refractivity contribution in [3.63, 3.8) is 0 Å². The number of ether oxygens (including phenoxy) is 2. The maximum absolute atomic E-state index is 12.0. The van der Waals surface area contributed by atoms with E-state index in [0.29, 0.717) is 26.1 Å². The number of hydrogen-bond donors (Lipinski definition) is 1. The Bertz CT molecular complexity index is 901. The summed E-state index contributed by atoms with van der Waals surface area (Å²) in [5.41, 5.74) is 0. The van der Waals surface area contributed by atoms with Crippen molar-refractivity contribution in [1.82, 2.24) is 10.2 Å². The lowest BCUT2D eigenvalue weighted by atomic mass is 9.91. The molecule has 0 aromatic carbocycles. The molecule has 0 aliphatic carbocycles. The highest BCUT2D eigenvalue weighted by atomic mass is 16.5. The fourth-order valence-electron chi connectivity index (χ4n) is 9.15. The molecule has 0 bridgehead atoms. The number of amides is 1. The summed E-state index contributed by atoms with van der Waals surface area (Å²) in [7, 11) is 0. The molecule has 7 nitrogen and oxygen atoms in total. The Morgan fingerprint density at radius 1 is 0.452 bits per heavy atom. The summed E-state index contributed by atoms with van der Waals surface area (Å²) in [5, 5.41) is 2.67. The summed E-state index contributed by atoms with van der Waals surface area (Å²) in [6.45, 7) is 15.1. The number of likely N-dealkylation sites (tertiary alicyclic amines) is 1. The van der Waals surface area contributed by atoms with Crippen LogP contribution in [-0.2, 0) is 23.9 Å². The average Bonchev–Trinajstić information content (AvgIpc) is 3.80. The molecule has 1 aliphatic heterocycles. The van der Waals surface area contributed by atoms with Crippen molar-refractivity contribution in [1.29, 1.82) is 0 Å². The Balaban J connectivity index is 0.00000121. The highest BCUT2D eigenvalue weighted by Crippen LogP contribution is 2.24. The molecular formula is C55H108N2O5. The molecule has 0 atom stereocenters. The molecule has 7 heteroatoms. The van der Waals surface area contributed by atoms with E-state index in [2.05, 4.69) is 37.9 Å². The van der Waals surface area contributed by atoms with Crippen LogP contribution >= 0.6 is 0 Å². The fourth-order valence-corrected chi connectivity index (χ4v) is 9.15. The Morgan fingerprint density at radius 2 is 0.790 bits per heavy atom. The number of unbranched alkanes of at least 4 members (excludes halogenated alkanes) is 22. The largest absolute Gasteiger partial charge is 0.466 e. The van der Waals surface area contributed by atoms with E-state index in [9.17, 15) is 14.4 Å². The zero-order chi connectivity index (χ0) is 45.2. The molecule has 0 unspecified atom stereocenters. The van der Waals surface area contributed by atoms with Crippen molar-refractivity contribution in [3.8, 4) is 0 Å². The molecule has 0 aromatic heterocycles. The van der Waals surface area contributed by atoms with Crippen LogP contribution in [-0.4, -0.2) is 62.6 Å². The minimum absolute atomic E-state index is 0.0306. The summed E-state index contributed by atoms with van der Waals surface area (Å²) in [6, 6.07) is 0. The van der Waals surface area contributed by atoms with E-state index in [4.69, 9.17) is 9.47 Å². The van der Waals surface area contributed by atoms with Gasteiger partial charge in [0.05, 0.1) is 13.2 Å². The first-order valence-electron chi connectivity index (χ1n) is 27.7. The number of rotatable bonds is 47. The second-order valence-electron chi connectivity index (χ2n) is 19.2. The molecule has 0 spiro atoms. The maximum atomic E-state index is 12.0. The van der Waals surface area contributed by atoms with Crippen molar-refractivity contribution < 1.29 is 23.9 Å². The van der Waals surface area contributed by atoms with E-state index in [1.807, 2.05) is 0 Å². The first kappa shape index (κ1) is 60.4. The van der Waals surface area contributed by atoms with E-state index in [0.717, 1.165) is 76.2 Å². The first-order chi connectivity index (χ1) is 30.5. The second-order valence-corrected chi connectivity index (χ2v) is 19.2. The number of carbonyl (C=O) groups is 3. The van der Waals surface area contributed by atoms with Gasteiger partial charge in [0.1, 0.15) is 0 Å². The highest BCUT2D eigenvalue weighted by molar-refractivity contribution is 5.69. The van der Waals surface area contributed by atoms with Gasteiger partial charge < -0.3 is 19.7 Å². The topological polar surface area (TPSA) is 84.9 Å². The Labute approximate surface area is 386 Å². The molecule has 0 aromatic rings. The van der Waals surface area contributed by atoms with Gasteiger partial charge in [0.15, 0.2) is 0 Å². The molecule has 1 saturated heterocycles.